The lowest BCUT2D eigenvalue weighted by Gasteiger charge is -2.39. The van der Waals surface area contributed by atoms with Crippen LogP contribution in [0.4, 0.5) is 0 Å². The molecule has 136 valence electrons. The Hall–Kier alpha value is -0.710. The fourth-order valence-electron chi connectivity index (χ4n) is 4.80. The van der Waals surface area contributed by atoms with Crippen LogP contribution in [0.1, 0.15) is 70.6 Å². The maximum Gasteiger partial charge on any atom is 0.223 e. The summed E-state index contributed by atoms with van der Waals surface area (Å²) in [5.41, 5.74) is 0. The standard InChI is InChI=1S/C19H32N2O2S/c1-24-16-7-4-6-15(12-16)20-18(22)10-9-14-11-13-5-2-3-8-17(13)21-19(14)23/h13-17H,2-12H2,1H3,(H,20,22)(H,21,23)/t13?,14-,15?,16?,17?/m0/s1. The fourth-order valence-corrected chi connectivity index (χ4v) is 5.62. The van der Waals surface area contributed by atoms with Crippen molar-refractivity contribution >= 4 is 23.6 Å². The van der Waals surface area contributed by atoms with E-state index >= 15 is 0 Å². The molecule has 3 rings (SSSR count). The minimum Gasteiger partial charge on any atom is -0.353 e. The zero-order valence-corrected chi connectivity index (χ0v) is 15.7. The molecule has 4 nitrogen and oxygen atoms in total. The number of thioether (sulfide) groups is 1. The van der Waals surface area contributed by atoms with Gasteiger partial charge in [0.05, 0.1) is 0 Å². The molecule has 2 saturated carbocycles. The van der Waals surface area contributed by atoms with Crippen LogP contribution < -0.4 is 10.6 Å². The Morgan fingerprint density at radius 1 is 1.17 bits per heavy atom. The van der Waals surface area contributed by atoms with Gasteiger partial charge in [0, 0.05) is 29.7 Å². The van der Waals surface area contributed by atoms with Crippen molar-refractivity contribution in [2.24, 2.45) is 11.8 Å². The number of hydrogen-bond acceptors (Lipinski definition) is 3. The molecule has 4 unspecified atom stereocenters. The number of amides is 2. The van der Waals surface area contributed by atoms with E-state index in [1.54, 1.807) is 0 Å². The lowest BCUT2D eigenvalue weighted by Crippen LogP contribution is -2.50. The molecule has 5 atom stereocenters. The number of fused-ring (bicyclic) bond motifs is 1. The highest BCUT2D eigenvalue weighted by Gasteiger charge is 2.36. The van der Waals surface area contributed by atoms with E-state index in [1.165, 1.54) is 32.1 Å². The molecular formula is C19H32N2O2S. The van der Waals surface area contributed by atoms with Gasteiger partial charge < -0.3 is 10.6 Å². The molecule has 0 radical (unpaired) electrons. The maximum absolute atomic E-state index is 12.3. The number of carbonyl (C=O) groups is 2. The Balaban J connectivity index is 1.41. The molecule has 0 aromatic heterocycles. The van der Waals surface area contributed by atoms with Gasteiger partial charge in [0.1, 0.15) is 0 Å². The van der Waals surface area contributed by atoms with E-state index in [4.69, 9.17) is 0 Å². The van der Waals surface area contributed by atoms with Crippen molar-refractivity contribution in [2.45, 2.75) is 88.0 Å². The largest absolute Gasteiger partial charge is 0.353 e. The van der Waals surface area contributed by atoms with Gasteiger partial charge in [-0.05, 0) is 57.1 Å². The lowest BCUT2D eigenvalue weighted by atomic mass is 9.75. The summed E-state index contributed by atoms with van der Waals surface area (Å²) in [5.74, 6) is 1.01. The van der Waals surface area contributed by atoms with E-state index in [2.05, 4.69) is 16.9 Å². The summed E-state index contributed by atoms with van der Waals surface area (Å²) in [5, 5.41) is 7.11. The van der Waals surface area contributed by atoms with Gasteiger partial charge in [-0.1, -0.05) is 19.3 Å². The zero-order valence-electron chi connectivity index (χ0n) is 14.9. The molecule has 0 aromatic carbocycles. The molecule has 5 heteroatoms. The molecule has 1 aliphatic heterocycles. The first kappa shape index (κ1) is 18.1. The van der Waals surface area contributed by atoms with E-state index in [-0.39, 0.29) is 17.7 Å². The second-order valence-electron chi connectivity index (χ2n) is 7.92. The molecule has 2 aliphatic carbocycles. The third-order valence-corrected chi connectivity index (χ3v) is 7.33. The topological polar surface area (TPSA) is 58.2 Å². The second kappa shape index (κ2) is 8.59. The predicted octanol–water partition coefficient (Wildman–Crippen LogP) is 3.25. The third kappa shape index (κ3) is 4.68. The highest BCUT2D eigenvalue weighted by molar-refractivity contribution is 7.99. The maximum atomic E-state index is 12.3. The van der Waals surface area contributed by atoms with Crippen molar-refractivity contribution < 1.29 is 9.59 Å². The summed E-state index contributed by atoms with van der Waals surface area (Å²) >= 11 is 1.92. The Kier molecular flexibility index (Phi) is 6.48. The fraction of sp³-hybridized carbons (Fsp3) is 0.895. The lowest BCUT2D eigenvalue weighted by molar-refractivity contribution is -0.130. The first-order valence-electron chi connectivity index (χ1n) is 9.78. The quantitative estimate of drug-likeness (QED) is 0.798. The molecular weight excluding hydrogens is 320 g/mol. The second-order valence-corrected chi connectivity index (χ2v) is 9.06. The monoisotopic (exact) mass is 352 g/mol. The number of hydrogen-bond donors (Lipinski definition) is 2. The summed E-state index contributed by atoms with van der Waals surface area (Å²) in [7, 11) is 0. The van der Waals surface area contributed by atoms with Gasteiger partial charge in [0.2, 0.25) is 11.8 Å². The molecule has 0 aromatic rings. The van der Waals surface area contributed by atoms with Crippen molar-refractivity contribution in [1.29, 1.82) is 0 Å². The summed E-state index contributed by atoms with van der Waals surface area (Å²) < 4.78 is 0. The van der Waals surface area contributed by atoms with Crippen LogP contribution in [0.25, 0.3) is 0 Å². The van der Waals surface area contributed by atoms with Crippen LogP contribution in [0.2, 0.25) is 0 Å². The van der Waals surface area contributed by atoms with Gasteiger partial charge in [0.15, 0.2) is 0 Å². The van der Waals surface area contributed by atoms with Crippen LogP contribution in [-0.2, 0) is 9.59 Å². The van der Waals surface area contributed by atoms with Crippen molar-refractivity contribution in [2.75, 3.05) is 6.26 Å². The summed E-state index contributed by atoms with van der Waals surface area (Å²) in [4.78, 5) is 24.6. The minimum atomic E-state index is 0.0420. The van der Waals surface area contributed by atoms with Gasteiger partial charge in [0.25, 0.3) is 0 Å². The van der Waals surface area contributed by atoms with E-state index < -0.39 is 0 Å². The highest BCUT2D eigenvalue weighted by atomic mass is 32.2. The van der Waals surface area contributed by atoms with Gasteiger partial charge in [-0.25, -0.2) is 0 Å². The van der Waals surface area contributed by atoms with Crippen molar-refractivity contribution in [3.8, 4) is 0 Å². The smallest absolute Gasteiger partial charge is 0.223 e. The van der Waals surface area contributed by atoms with Crippen molar-refractivity contribution in [1.82, 2.24) is 10.6 Å². The Morgan fingerprint density at radius 3 is 2.83 bits per heavy atom. The predicted molar refractivity (Wildman–Crippen MR) is 98.9 cm³/mol. The van der Waals surface area contributed by atoms with E-state index in [0.717, 1.165) is 25.7 Å². The first-order chi connectivity index (χ1) is 11.7. The van der Waals surface area contributed by atoms with Gasteiger partial charge >= 0.3 is 0 Å². The average molecular weight is 353 g/mol. The zero-order chi connectivity index (χ0) is 16.9. The van der Waals surface area contributed by atoms with Crippen LogP contribution in [0.3, 0.4) is 0 Å². The van der Waals surface area contributed by atoms with Crippen LogP contribution in [0.5, 0.6) is 0 Å². The molecule has 2 N–H and O–H groups in total. The number of piperidine rings is 1. The Bertz CT molecular complexity index is 457. The Labute approximate surface area is 150 Å². The number of nitrogens with one attached hydrogen (secondary N) is 2. The summed E-state index contributed by atoms with van der Waals surface area (Å²) in [6.45, 7) is 0. The van der Waals surface area contributed by atoms with Crippen LogP contribution in [0.15, 0.2) is 0 Å². The third-order valence-electron chi connectivity index (χ3n) is 6.24. The highest BCUT2D eigenvalue weighted by Crippen LogP contribution is 2.34. The minimum absolute atomic E-state index is 0.0420. The van der Waals surface area contributed by atoms with Crippen LogP contribution in [0, 0.1) is 11.8 Å². The average Bonchev–Trinajstić information content (AvgIpc) is 2.60. The summed E-state index contributed by atoms with van der Waals surface area (Å²) in [6, 6.07) is 0.744. The molecule has 24 heavy (non-hydrogen) atoms. The molecule has 3 aliphatic rings. The van der Waals surface area contributed by atoms with Crippen LogP contribution >= 0.6 is 11.8 Å². The Morgan fingerprint density at radius 2 is 2.00 bits per heavy atom. The first-order valence-corrected chi connectivity index (χ1v) is 11.1. The van der Waals surface area contributed by atoms with Gasteiger partial charge in [-0.3, -0.25) is 9.59 Å². The van der Waals surface area contributed by atoms with E-state index in [0.29, 0.717) is 36.1 Å². The molecule has 0 bridgehead atoms. The van der Waals surface area contributed by atoms with Crippen LogP contribution in [-0.4, -0.2) is 35.4 Å². The number of carbonyl (C=O) groups excluding carboxylic acids is 2. The van der Waals surface area contributed by atoms with Gasteiger partial charge in [-0.15, -0.1) is 0 Å². The van der Waals surface area contributed by atoms with E-state index in [1.807, 2.05) is 11.8 Å². The molecule has 1 saturated heterocycles. The number of rotatable bonds is 5. The normalized spacial score (nSPS) is 36.5. The van der Waals surface area contributed by atoms with Crippen molar-refractivity contribution in [3.05, 3.63) is 0 Å². The molecule has 2 amide bonds. The van der Waals surface area contributed by atoms with E-state index in [9.17, 15) is 9.59 Å². The van der Waals surface area contributed by atoms with Gasteiger partial charge in [-0.2, -0.15) is 11.8 Å². The summed E-state index contributed by atoms with van der Waals surface area (Å²) in [6.07, 6.45) is 14.0. The SMILES string of the molecule is CSC1CCCC(NC(=O)CC[C@H]2CC3CCCCC3NC2=O)C1. The van der Waals surface area contributed by atoms with Crippen molar-refractivity contribution in [3.63, 3.8) is 0 Å². The molecule has 0 spiro atoms. The molecule has 3 fully saturated rings. The molecule has 1 heterocycles.